The van der Waals surface area contributed by atoms with E-state index in [1.165, 1.54) is 18.5 Å². The molecular weight excluding hydrogens is 202 g/mol. The van der Waals surface area contributed by atoms with Gasteiger partial charge in [0.05, 0.1) is 18.1 Å². The molecule has 86 valence electrons. The van der Waals surface area contributed by atoms with Gasteiger partial charge >= 0.3 is 0 Å². The lowest BCUT2D eigenvalue weighted by atomic mass is 10.1. The molecule has 0 amide bonds. The van der Waals surface area contributed by atoms with Gasteiger partial charge < -0.3 is 15.0 Å². The van der Waals surface area contributed by atoms with E-state index in [9.17, 15) is 0 Å². The Kier molecular flexibility index (Phi) is 2.66. The van der Waals surface area contributed by atoms with Gasteiger partial charge in [-0.25, -0.2) is 0 Å². The van der Waals surface area contributed by atoms with Gasteiger partial charge in [0.2, 0.25) is 0 Å². The second-order valence-corrected chi connectivity index (χ2v) is 4.47. The average molecular weight is 219 g/mol. The maximum Gasteiger partial charge on any atom is 0.139 e. The fourth-order valence-electron chi connectivity index (χ4n) is 1.92. The Hall–Kier alpha value is -1.29. The molecule has 2 aliphatic rings. The lowest BCUT2D eigenvalue weighted by molar-refractivity contribution is 0.217. The first-order valence-corrected chi connectivity index (χ1v) is 5.98. The van der Waals surface area contributed by atoms with Gasteiger partial charge in [0.1, 0.15) is 12.4 Å². The van der Waals surface area contributed by atoms with Crippen LogP contribution in [0.25, 0.3) is 0 Å². The Bertz CT molecular complexity index is 361. The first kappa shape index (κ1) is 9.90. The van der Waals surface area contributed by atoms with Crippen LogP contribution in [-0.4, -0.2) is 37.3 Å². The maximum atomic E-state index is 5.72. The molecule has 1 aromatic heterocycles. The van der Waals surface area contributed by atoms with E-state index in [1.807, 2.05) is 6.20 Å². The van der Waals surface area contributed by atoms with Gasteiger partial charge in [-0.15, -0.1) is 0 Å². The fourth-order valence-corrected chi connectivity index (χ4v) is 1.92. The fraction of sp³-hybridized carbons (Fsp3) is 0.583. The molecule has 16 heavy (non-hydrogen) atoms. The van der Waals surface area contributed by atoms with E-state index >= 15 is 0 Å². The minimum absolute atomic E-state index is 0.535. The predicted octanol–water partition coefficient (Wildman–Crippen LogP) is 1.03. The van der Waals surface area contributed by atoms with Crippen LogP contribution in [0.2, 0.25) is 0 Å². The van der Waals surface area contributed by atoms with Gasteiger partial charge in [0.25, 0.3) is 0 Å². The quantitative estimate of drug-likeness (QED) is 0.821. The van der Waals surface area contributed by atoms with Gasteiger partial charge in [0, 0.05) is 25.2 Å². The second-order valence-electron chi connectivity index (χ2n) is 4.47. The van der Waals surface area contributed by atoms with Crippen LogP contribution in [0.4, 0.5) is 5.69 Å². The van der Waals surface area contributed by atoms with Gasteiger partial charge in [0.15, 0.2) is 0 Å². The van der Waals surface area contributed by atoms with E-state index < -0.39 is 0 Å². The van der Waals surface area contributed by atoms with E-state index in [2.05, 4.69) is 21.3 Å². The lowest BCUT2D eigenvalue weighted by Gasteiger charge is -2.33. The molecule has 1 N–H and O–H groups in total. The van der Waals surface area contributed by atoms with Crippen molar-refractivity contribution < 1.29 is 4.74 Å². The summed E-state index contributed by atoms with van der Waals surface area (Å²) in [6.45, 7) is 4.18. The summed E-state index contributed by atoms with van der Waals surface area (Å²) in [5.41, 5.74) is 1.19. The maximum absolute atomic E-state index is 5.72. The van der Waals surface area contributed by atoms with E-state index in [0.717, 1.165) is 32.0 Å². The molecule has 3 heterocycles. The zero-order chi connectivity index (χ0) is 10.8. The molecule has 3 rings (SSSR count). The number of pyridine rings is 1. The molecule has 1 atom stereocenters. The third kappa shape index (κ3) is 1.97. The van der Waals surface area contributed by atoms with E-state index in [4.69, 9.17) is 4.74 Å². The Balaban J connectivity index is 1.60. The number of nitrogens with one attached hydrogen (secondary N) is 1. The summed E-state index contributed by atoms with van der Waals surface area (Å²) in [7, 11) is 0. The summed E-state index contributed by atoms with van der Waals surface area (Å²) in [6.07, 6.45) is 6.21. The first-order valence-electron chi connectivity index (χ1n) is 5.98. The predicted molar refractivity (Wildman–Crippen MR) is 63.0 cm³/mol. The summed E-state index contributed by atoms with van der Waals surface area (Å²) >= 11 is 0. The topological polar surface area (TPSA) is 37.4 Å². The average Bonchev–Trinajstić information content (AvgIpc) is 2.13. The summed E-state index contributed by atoms with van der Waals surface area (Å²) < 4.78 is 5.72. The number of rotatable bonds is 4. The Labute approximate surface area is 95.6 Å². The highest BCUT2D eigenvalue weighted by Crippen LogP contribution is 2.23. The van der Waals surface area contributed by atoms with E-state index in [1.54, 1.807) is 6.20 Å². The number of aromatic nitrogens is 1. The van der Waals surface area contributed by atoms with Crippen molar-refractivity contribution in [3.05, 3.63) is 18.5 Å². The highest BCUT2D eigenvalue weighted by molar-refractivity contribution is 5.49. The molecule has 4 heteroatoms. The third-order valence-electron chi connectivity index (χ3n) is 3.30. The molecule has 0 radical (unpaired) electrons. The minimum atomic E-state index is 0.535. The highest BCUT2D eigenvalue weighted by Gasteiger charge is 2.18. The van der Waals surface area contributed by atoms with Crippen LogP contribution < -0.4 is 15.0 Å². The Morgan fingerprint density at radius 3 is 2.94 bits per heavy atom. The minimum Gasteiger partial charge on any atom is -0.490 e. The number of ether oxygens (including phenoxy) is 1. The smallest absolute Gasteiger partial charge is 0.139 e. The van der Waals surface area contributed by atoms with Crippen molar-refractivity contribution in [3.63, 3.8) is 0 Å². The molecule has 2 fully saturated rings. The van der Waals surface area contributed by atoms with E-state index in [-0.39, 0.29) is 0 Å². The van der Waals surface area contributed by atoms with Crippen LogP contribution >= 0.6 is 0 Å². The second kappa shape index (κ2) is 4.29. The SMILES string of the molecule is c1ncc(N2CCC2)cc1OCC1CCN1. The molecule has 4 nitrogen and oxygen atoms in total. The summed E-state index contributed by atoms with van der Waals surface area (Å²) in [6, 6.07) is 2.62. The molecule has 0 bridgehead atoms. The molecule has 0 aliphatic carbocycles. The third-order valence-corrected chi connectivity index (χ3v) is 3.30. The van der Waals surface area contributed by atoms with Crippen LogP contribution in [0.3, 0.4) is 0 Å². The molecular formula is C12H17N3O. The van der Waals surface area contributed by atoms with Gasteiger partial charge in [-0.3, -0.25) is 4.98 Å². The highest BCUT2D eigenvalue weighted by atomic mass is 16.5. The van der Waals surface area contributed by atoms with Crippen LogP contribution in [0.5, 0.6) is 5.75 Å². The largest absolute Gasteiger partial charge is 0.490 e. The monoisotopic (exact) mass is 219 g/mol. The molecule has 0 saturated carbocycles. The van der Waals surface area contributed by atoms with Crippen LogP contribution in [0.15, 0.2) is 18.5 Å². The summed E-state index contributed by atoms with van der Waals surface area (Å²) in [5.74, 6) is 0.887. The Morgan fingerprint density at radius 2 is 2.31 bits per heavy atom. The summed E-state index contributed by atoms with van der Waals surface area (Å²) in [5, 5.41) is 3.32. The summed E-state index contributed by atoms with van der Waals surface area (Å²) in [4.78, 5) is 6.54. The zero-order valence-corrected chi connectivity index (χ0v) is 9.35. The van der Waals surface area contributed by atoms with Crippen LogP contribution in [-0.2, 0) is 0 Å². The first-order chi connectivity index (χ1) is 7.92. The zero-order valence-electron chi connectivity index (χ0n) is 9.35. The van der Waals surface area contributed by atoms with Crippen molar-refractivity contribution in [2.24, 2.45) is 0 Å². The van der Waals surface area contributed by atoms with Crippen molar-refractivity contribution in [1.82, 2.24) is 10.3 Å². The normalized spacial score (nSPS) is 23.5. The molecule has 1 unspecified atom stereocenters. The van der Waals surface area contributed by atoms with Gasteiger partial charge in [-0.05, 0) is 19.4 Å². The standard InChI is InChI=1S/C12H17N3O/c1-4-15(5-1)11-6-12(8-13-7-11)16-9-10-2-3-14-10/h6-8,10,14H,1-5,9H2. The number of anilines is 1. The van der Waals surface area contributed by atoms with Crippen molar-refractivity contribution in [3.8, 4) is 5.75 Å². The van der Waals surface area contributed by atoms with Crippen LogP contribution in [0.1, 0.15) is 12.8 Å². The van der Waals surface area contributed by atoms with E-state index in [0.29, 0.717) is 6.04 Å². The molecule has 2 saturated heterocycles. The van der Waals surface area contributed by atoms with Crippen molar-refractivity contribution in [2.75, 3.05) is 31.1 Å². The molecule has 2 aliphatic heterocycles. The van der Waals surface area contributed by atoms with Crippen molar-refractivity contribution in [1.29, 1.82) is 0 Å². The van der Waals surface area contributed by atoms with Crippen molar-refractivity contribution >= 4 is 5.69 Å². The lowest BCUT2D eigenvalue weighted by Crippen LogP contribution is -2.46. The Morgan fingerprint density at radius 1 is 1.44 bits per heavy atom. The van der Waals surface area contributed by atoms with Gasteiger partial charge in [-0.1, -0.05) is 0 Å². The number of hydrogen-bond donors (Lipinski definition) is 1. The molecule has 1 aromatic rings. The number of hydrogen-bond acceptors (Lipinski definition) is 4. The van der Waals surface area contributed by atoms with Gasteiger partial charge in [-0.2, -0.15) is 0 Å². The number of nitrogens with zero attached hydrogens (tertiary/aromatic N) is 2. The van der Waals surface area contributed by atoms with Crippen LogP contribution in [0, 0.1) is 0 Å². The van der Waals surface area contributed by atoms with Crippen molar-refractivity contribution in [2.45, 2.75) is 18.9 Å². The molecule has 0 aromatic carbocycles. The molecule has 0 spiro atoms.